The van der Waals surface area contributed by atoms with Crippen LogP contribution in [0.15, 0.2) is 21.5 Å². The van der Waals surface area contributed by atoms with Gasteiger partial charge in [0.2, 0.25) is 12.7 Å². The molecule has 2 aliphatic heterocycles. The summed E-state index contributed by atoms with van der Waals surface area (Å²) in [4.78, 5) is 43.0. The molecule has 1 aromatic heterocycles. The van der Waals surface area contributed by atoms with Gasteiger partial charge in [0.15, 0.2) is 0 Å². The Morgan fingerprint density at radius 1 is 1.43 bits per heavy atom. The Hall–Kier alpha value is -2.21. The van der Waals surface area contributed by atoms with E-state index in [-0.39, 0.29) is 30.2 Å². The van der Waals surface area contributed by atoms with E-state index in [1.54, 1.807) is 23.9 Å². The number of carbonyl (C=O) groups is 3. The van der Waals surface area contributed by atoms with Crippen molar-refractivity contribution < 1.29 is 34.1 Å². The smallest absolute Gasteiger partial charge is 0.358 e. The molecule has 0 unspecified atom stereocenters. The largest absolute Gasteiger partial charge is 0.428 e. The Morgan fingerprint density at radius 2 is 2.17 bits per heavy atom. The predicted octanol–water partition coefficient (Wildman–Crippen LogP) is 1.47. The third-order valence-electron chi connectivity index (χ3n) is 4.99. The van der Waals surface area contributed by atoms with Crippen molar-refractivity contribution >= 4 is 47.0 Å². The molecule has 1 amide bonds. The summed E-state index contributed by atoms with van der Waals surface area (Å²) in [5, 5.41) is 21.1. The van der Waals surface area contributed by atoms with Gasteiger partial charge in [0, 0.05) is 17.7 Å². The zero-order valence-electron chi connectivity index (χ0n) is 16.6. The summed E-state index contributed by atoms with van der Waals surface area (Å²) >= 11 is 2.63. The fourth-order valence-corrected chi connectivity index (χ4v) is 5.38. The molecule has 162 valence electrons. The maximum atomic E-state index is 12.7. The number of carbonyl (C=O) groups excluding carboxylic acids is 3. The third-order valence-corrected chi connectivity index (χ3v) is 6.92. The highest BCUT2D eigenvalue weighted by Crippen LogP contribution is 2.51. The Balaban J connectivity index is 1.84. The first kappa shape index (κ1) is 22.5. The Kier molecular flexibility index (Phi) is 6.96. The zero-order chi connectivity index (χ0) is 22.0. The van der Waals surface area contributed by atoms with Gasteiger partial charge in [0.05, 0.1) is 40.8 Å². The number of ether oxygens (including phenoxy) is 2. The van der Waals surface area contributed by atoms with Gasteiger partial charge < -0.3 is 24.6 Å². The number of β-lactam (4-membered cyclic amide) rings is 1. The van der Waals surface area contributed by atoms with Crippen LogP contribution in [0, 0.1) is 11.8 Å². The van der Waals surface area contributed by atoms with E-state index in [0.717, 1.165) is 4.88 Å². The molecular weight excluding hydrogens is 432 g/mol. The molecule has 1 fully saturated rings. The van der Waals surface area contributed by atoms with E-state index < -0.39 is 30.8 Å². The topological polar surface area (TPSA) is 126 Å². The molecule has 0 saturated carbocycles. The lowest BCUT2D eigenvalue weighted by atomic mass is 9.79. The van der Waals surface area contributed by atoms with Crippen LogP contribution in [0.2, 0.25) is 0 Å². The number of rotatable bonds is 8. The first-order valence-corrected chi connectivity index (χ1v) is 11.0. The standard InChI is InChI=1S/C19H22N2O7S2/c1-9-15-14(10(2)23)18(25)21(15)16(19(26)28-8-27-11(3)24)17(9)29-5-4-13-12(6-22)20-7-30-13/h4-5,7,9-10,14-15,22-23H,6,8H2,1-3H3/t9-,10-,14-,15-/m1/s1. The van der Waals surface area contributed by atoms with Crippen molar-refractivity contribution in [2.45, 2.75) is 39.5 Å². The number of amides is 1. The van der Waals surface area contributed by atoms with Gasteiger partial charge in [-0.25, -0.2) is 9.78 Å². The van der Waals surface area contributed by atoms with Crippen LogP contribution < -0.4 is 0 Å². The number of hydrogen-bond donors (Lipinski definition) is 2. The average molecular weight is 455 g/mol. The fraction of sp³-hybridized carbons (Fsp3) is 0.474. The second-order valence-corrected chi connectivity index (χ2v) is 8.73. The lowest BCUT2D eigenvalue weighted by Gasteiger charge is -2.46. The lowest BCUT2D eigenvalue weighted by molar-refractivity contribution is -0.171. The van der Waals surface area contributed by atoms with E-state index >= 15 is 0 Å². The Labute approximate surface area is 181 Å². The van der Waals surface area contributed by atoms with E-state index in [2.05, 4.69) is 9.72 Å². The summed E-state index contributed by atoms with van der Waals surface area (Å²) < 4.78 is 9.68. The van der Waals surface area contributed by atoms with Crippen LogP contribution in [0.4, 0.5) is 0 Å². The van der Waals surface area contributed by atoms with E-state index in [0.29, 0.717) is 10.6 Å². The summed E-state index contributed by atoms with van der Waals surface area (Å²) in [5.74, 6) is -2.50. The summed E-state index contributed by atoms with van der Waals surface area (Å²) in [6.07, 6.45) is 0.933. The maximum Gasteiger partial charge on any atom is 0.358 e. The number of aliphatic hydroxyl groups excluding tert-OH is 2. The number of aromatic nitrogens is 1. The van der Waals surface area contributed by atoms with Crippen LogP contribution >= 0.6 is 23.1 Å². The summed E-state index contributed by atoms with van der Waals surface area (Å²) in [6, 6.07) is -0.346. The van der Waals surface area contributed by atoms with E-state index in [4.69, 9.17) is 4.74 Å². The van der Waals surface area contributed by atoms with Crippen molar-refractivity contribution in [1.29, 1.82) is 0 Å². The van der Waals surface area contributed by atoms with Crippen LogP contribution in [0.1, 0.15) is 31.3 Å². The minimum absolute atomic E-state index is 0.0999. The molecular formula is C19H22N2O7S2. The van der Waals surface area contributed by atoms with Gasteiger partial charge in [-0.05, 0) is 18.4 Å². The number of esters is 2. The average Bonchev–Trinajstić information content (AvgIpc) is 3.22. The molecule has 0 radical (unpaired) electrons. The quantitative estimate of drug-likeness (QED) is 0.341. The molecule has 3 heterocycles. The van der Waals surface area contributed by atoms with E-state index in [9.17, 15) is 24.6 Å². The summed E-state index contributed by atoms with van der Waals surface area (Å²) in [5.41, 5.74) is 2.28. The molecule has 3 rings (SSSR count). The number of aliphatic hydroxyl groups is 2. The first-order valence-electron chi connectivity index (χ1n) is 9.20. The Bertz CT molecular complexity index is 908. The molecule has 9 nitrogen and oxygen atoms in total. The zero-order valence-corrected chi connectivity index (χ0v) is 18.2. The van der Waals surface area contributed by atoms with Crippen LogP contribution in [0.3, 0.4) is 0 Å². The fourth-order valence-electron chi connectivity index (χ4n) is 3.61. The normalized spacial score (nSPS) is 24.1. The minimum atomic E-state index is -0.844. The van der Waals surface area contributed by atoms with E-state index in [1.807, 2.05) is 6.92 Å². The highest BCUT2D eigenvalue weighted by atomic mass is 32.2. The summed E-state index contributed by atoms with van der Waals surface area (Å²) in [6.45, 7) is 3.90. The molecule has 1 saturated heterocycles. The maximum absolute atomic E-state index is 12.7. The number of hydrogen-bond acceptors (Lipinski definition) is 10. The van der Waals surface area contributed by atoms with Crippen molar-refractivity contribution in [3.05, 3.63) is 32.1 Å². The third kappa shape index (κ3) is 4.15. The molecule has 1 aromatic rings. The highest BCUT2D eigenvalue weighted by Gasteiger charge is 2.60. The van der Waals surface area contributed by atoms with Crippen LogP contribution in [0.25, 0.3) is 6.08 Å². The highest BCUT2D eigenvalue weighted by molar-refractivity contribution is 8.06. The molecule has 2 aliphatic rings. The second-order valence-electron chi connectivity index (χ2n) is 6.89. The molecule has 30 heavy (non-hydrogen) atoms. The van der Waals surface area contributed by atoms with Gasteiger partial charge in [-0.3, -0.25) is 9.59 Å². The molecule has 0 aromatic carbocycles. The molecule has 2 N–H and O–H groups in total. The van der Waals surface area contributed by atoms with Gasteiger partial charge in [-0.15, -0.1) is 11.3 Å². The number of fused-ring (bicyclic) bond motifs is 1. The van der Waals surface area contributed by atoms with Crippen molar-refractivity contribution in [2.75, 3.05) is 6.79 Å². The SMILES string of the molecule is CC(=O)OCOC(=O)C1=C(SC=Cc2scnc2CO)[C@H](C)[C@@H]2[C@@H]([C@@H](C)O)C(=O)N12. The monoisotopic (exact) mass is 454 g/mol. The van der Waals surface area contributed by atoms with Crippen molar-refractivity contribution in [1.82, 2.24) is 9.88 Å². The van der Waals surface area contributed by atoms with E-state index in [1.165, 1.54) is 34.9 Å². The van der Waals surface area contributed by atoms with Crippen molar-refractivity contribution in [3.63, 3.8) is 0 Å². The molecule has 11 heteroatoms. The lowest BCUT2D eigenvalue weighted by Crippen LogP contribution is -2.63. The van der Waals surface area contributed by atoms with Crippen LogP contribution in [0.5, 0.6) is 0 Å². The number of nitrogens with zero attached hydrogens (tertiary/aromatic N) is 2. The van der Waals surface area contributed by atoms with Crippen LogP contribution in [-0.2, 0) is 30.5 Å². The van der Waals surface area contributed by atoms with Crippen molar-refractivity contribution in [2.24, 2.45) is 11.8 Å². The predicted molar refractivity (Wildman–Crippen MR) is 109 cm³/mol. The second kappa shape index (κ2) is 9.29. The van der Waals surface area contributed by atoms with Gasteiger partial charge >= 0.3 is 11.9 Å². The van der Waals surface area contributed by atoms with Gasteiger partial charge in [0.1, 0.15) is 5.70 Å². The summed E-state index contributed by atoms with van der Waals surface area (Å²) in [7, 11) is 0. The van der Waals surface area contributed by atoms with Gasteiger partial charge in [-0.1, -0.05) is 18.7 Å². The number of thiazole rings is 1. The van der Waals surface area contributed by atoms with Crippen LogP contribution in [-0.4, -0.2) is 56.9 Å². The Morgan fingerprint density at radius 3 is 2.80 bits per heavy atom. The first-order chi connectivity index (χ1) is 14.3. The molecule has 0 spiro atoms. The van der Waals surface area contributed by atoms with Gasteiger partial charge in [-0.2, -0.15) is 0 Å². The van der Waals surface area contributed by atoms with Gasteiger partial charge in [0.25, 0.3) is 0 Å². The minimum Gasteiger partial charge on any atom is -0.428 e. The molecule has 0 aliphatic carbocycles. The molecule has 4 atom stereocenters. The molecule has 0 bridgehead atoms. The number of thioether (sulfide) groups is 1. The van der Waals surface area contributed by atoms with Crippen molar-refractivity contribution in [3.8, 4) is 0 Å².